The fraction of sp³-hybridized carbons (Fsp3) is 0.833. The number of hydrogen-bond donors (Lipinski definition) is 1. The van der Waals surface area contributed by atoms with E-state index in [2.05, 4.69) is 11.4 Å². The van der Waals surface area contributed by atoms with Crippen LogP contribution in [0.2, 0.25) is 0 Å². The van der Waals surface area contributed by atoms with Crippen LogP contribution in [0.1, 0.15) is 25.7 Å². The number of nitrogens with one attached hydrogen (secondary N) is 1. The zero-order chi connectivity index (χ0) is 12.7. The molecular weight excluding hydrogens is 220 g/mol. The van der Waals surface area contributed by atoms with Crippen LogP contribution in [0.5, 0.6) is 0 Å². The number of nitriles is 1. The van der Waals surface area contributed by atoms with Gasteiger partial charge in [-0.2, -0.15) is 5.26 Å². The van der Waals surface area contributed by atoms with Gasteiger partial charge in [0.25, 0.3) is 0 Å². The van der Waals surface area contributed by atoms with E-state index in [1.165, 1.54) is 0 Å². The van der Waals surface area contributed by atoms with E-state index < -0.39 is 5.41 Å². The molecule has 0 saturated heterocycles. The molecule has 17 heavy (non-hydrogen) atoms. The summed E-state index contributed by atoms with van der Waals surface area (Å²) in [6, 6.07) is 2.17. The van der Waals surface area contributed by atoms with Gasteiger partial charge in [0.05, 0.1) is 18.8 Å². The number of hydrogen-bond acceptors (Lipinski definition) is 4. The quantitative estimate of drug-likeness (QED) is 0.747. The molecule has 5 heteroatoms. The van der Waals surface area contributed by atoms with Crippen molar-refractivity contribution >= 4 is 5.91 Å². The highest BCUT2D eigenvalue weighted by Gasteiger charge is 2.41. The van der Waals surface area contributed by atoms with Crippen molar-refractivity contribution in [3.05, 3.63) is 0 Å². The van der Waals surface area contributed by atoms with Gasteiger partial charge >= 0.3 is 0 Å². The number of rotatable bonds is 6. The Morgan fingerprint density at radius 3 is 2.59 bits per heavy atom. The van der Waals surface area contributed by atoms with Crippen LogP contribution in [-0.4, -0.2) is 39.4 Å². The second-order valence-corrected chi connectivity index (χ2v) is 4.42. The van der Waals surface area contributed by atoms with E-state index in [0.717, 1.165) is 12.8 Å². The Hall–Kier alpha value is -1.12. The van der Waals surface area contributed by atoms with Crippen LogP contribution >= 0.6 is 0 Å². The molecule has 1 unspecified atom stereocenters. The van der Waals surface area contributed by atoms with Crippen LogP contribution in [0.15, 0.2) is 0 Å². The van der Waals surface area contributed by atoms with Gasteiger partial charge in [-0.25, -0.2) is 0 Å². The molecule has 0 aromatic carbocycles. The molecule has 0 aliphatic heterocycles. The fourth-order valence-electron chi connectivity index (χ4n) is 2.14. The molecule has 1 N–H and O–H groups in total. The van der Waals surface area contributed by atoms with E-state index in [-0.39, 0.29) is 12.0 Å². The summed E-state index contributed by atoms with van der Waals surface area (Å²) in [6.45, 7) is 0.808. The lowest BCUT2D eigenvalue weighted by molar-refractivity contribution is -0.128. The first-order valence-electron chi connectivity index (χ1n) is 5.90. The number of nitrogens with zero attached hydrogens (tertiary/aromatic N) is 1. The first kappa shape index (κ1) is 13.9. The minimum Gasteiger partial charge on any atom is -0.382 e. The van der Waals surface area contributed by atoms with Crippen LogP contribution in [0.4, 0.5) is 0 Å². The highest BCUT2D eigenvalue weighted by Crippen LogP contribution is 2.37. The third-order valence-electron chi connectivity index (χ3n) is 3.28. The van der Waals surface area contributed by atoms with Crippen LogP contribution < -0.4 is 5.32 Å². The molecule has 1 aliphatic rings. The van der Waals surface area contributed by atoms with Gasteiger partial charge in [0.1, 0.15) is 5.41 Å². The van der Waals surface area contributed by atoms with E-state index in [0.29, 0.717) is 26.0 Å². The van der Waals surface area contributed by atoms with Crippen molar-refractivity contribution in [1.82, 2.24) is 5.32 Å². The van der Waals surface area contributed by atoms with Gasteiger partial charge in [0, 0.05) is 20.8 Å². The molecule has 1 rings (SSSR count). The molecule has 1 amide bonds. The maximum absolute atomic E-state index is 12.0. The van der Waals surface area contributed by atoms with Crippen molar-refractivity contribution < 1.29 is 14.3 Å². The van der Waals surface area contributed by atoms with Gasteiger partial charge in [0.2, 0.25) is 5.91 Å². The summed E-state index contributed by atoms with van der Waals surface area (Å²) in [5, 5.41) is 11.9. The average molecular weight is 240 g/mol. The molecule has 5 nitrogen and oxygen atoms in total. The third kappa shape index (κ3) is 3.42. The smallest absolute Gasteiger partial charge is 0.240 e. The molecule has 0 heterocycles. The maximum Gasteiger partial charge on any atom is 0.240 e. The molecule has 0 aromatic heterocycles. The molecular formula is C12H20N2O3. The van der Waals surface area contributed by atoms with Gasteiger partial charge in [0.15, 0.2) is 0 Å². The molecule has 1 saturated carbocycles. The zero-order valence-electron chi connectivity index (χ0n) is 10.5. The minimum absolute atomic E-state index is 0.166. The number of amides is 1. The first-order valence-corrected chi connectivity index (χ1v) is 5.90. The molecule has 1 fully saturated rings. The minimum atomic E-state index is -0.814. The topological polar surface area (TPSA) is 71.3 Å². The Kier molecular flexibility index (Phi) is 5.39. The summed E-state index contributed by atoms with van der Waals surface area (Å²) >= 11 is 0. The lowest BCUT2D eigenvalue weighted by Gasteiger charge is -2.21. The predicted molar refractivity (Wildman–Crippen MR) is 62.2 cm³/mol. The van der Waals surface area contributed by atoms with E-state index in [9.17, 15) is 4.79 Å². The zero-order valence-corrected chi connectivity index (χ0v) is 10.5. The molecule has 0 radical (unpaired) electrons. The van der Waals surface area contributed by atoms with Crippen molar-refractivity contribution in [2.24, 2.45) is 5.41 Å². The Labute approximate surface area is 102 Å². The van der Waals surface area contributed by atoms with Gasteiger partial charge in [-0.05, 0) is 12.8 Å². The van der Waals surface area contributed by atoms with Gasteiger partial charge in [-0.15, -0.1) is 0 Å². The number of ether oxygens (including phenoxy) is 2. The van der Waals surface area contributed by atoms with Crippen molar-refractivity contribution in [2.45, 2.75) is 31.8 Å². The van der Waals surface area contributed by atoms with Crippen molar-refractivity contribution in [2.75, 3.05) is 27.4 Å². The van der Waals surface area contributed by atoms with Gasteiger partial charge in [-0.3, -0.25) is 4.79 Å². The summed E-state index contributed by atoms with van der Waals surface area (Å²) < 4.78 is 10.1. The molecule has 0 aromatic rings. The Bertz CT molecular complexity index is 293. The SMILES string of the molecule is COCC(CNC(=O)C1(C#N)CCCC1)OC. The Morgan fingerprint density at radius 2 is 2.12 bits per heavy atom. The lowest BCUT2D eigenvalue weighted by Crippen LogP contribution is -2.43. The summed E-state index contributed by atoms with van der Waals surface area (Å²) in [7, 11) is 3.16. The molecule has 1 atom stereocenters. The number of carbonyl (C=O) groups excluding carboxylic acids is 1. The van der Waals surface area contributed by atoms with E-state index in [1.54, 1.807) is 14.2 Å². The monoisotopic (exact) mass is 240 g/mol. The average Bonchev–Trinajstić information content (AvgIpc) is 2.84. The number of methoxy groups -OCH3 is 2. The van der Waals surface area contributed by atoms with Crippen LogP contribution in [0.3, 0.4) is 0 Å². The van der Waals surface area contributed by atoms with Crippen molar-refractivity contribution in [3.63, 3.8) is 0 Å². The molecule has 0 bridgehead atoms. The third-order valence-corrected chi connectivity index (χ3v) is 3.28. The molecule has 1 aliphatic carbocycles. The standard InChI is InChI=1S/C12H20N2O3/c1-16-8-10(17-2)7-14-11(15)12(9-13)5-3-4-6-12/h10H,3-8H2,1-2H3,(H,14,15). The van der Waals surface area contributed by atoms with Gasteiger partial charge in [-0.1, -0.05) is 12.8 Å². The van der Waals surface area contributed by atoms with Crippen molar-refractivity contribution in [1.29, 1.82) is 5.26 Å². The highest BCUT2D eigenvalue weighted by molar-refractivity contribution is 5.85. The summed E-state index contributed by atoms with van der Waals surface area (Å²) in [6.07, 6.45) is 3.06. The lowest BCUT2D eigenvalue weighted by atomic mass is 9.87. The van der Waals surface area contributed by atoms with E-state index in [4.69, 9.17) is 14.7 Å². The normalized spacial score (nSPS) is 19.6. The number of carbonyl (C=O) groups is 1. The summed E-state index contributed by atoms with van der Waals surface area (Å²) in [5.74, 6) is -0.171. The molecule has 96 valence electrons. The van der Waals surface area contributed by atoms with Gasteiger partial charge < -0.3 is 14.8 Å². The molecule has 0 spiro atoms. The highest BCUT2D eigenvalue weighted by atomic mass is 16.5. The van der Waals surface area contributed by atoms with E-state index in [1.807, 2.05) is 0 Å². The Balaban J connectivity index is 2.46. The summed E-state index contributed by atoms with van der Waals surface area (Å²) in [4.78, 5) is 12.0. The van der Waals surface area contributed by atoms with Crippen LogP contribution in [0.25, 0.3) is 0 Å². The predicted octanol–water partition coefficient (Wildman–Crippen LogP) is 0.848. The summed E-state index contributed by atoms with van der Waals surface area (Å²) in [5.41, 5.74) is -0.814. The fourth-order valence-corrected chi connectivity index (χ4v) is 2.14. The van der Waals surface area contributed by atoms with E-state index >= 15 is 0 Å². The van der Waals surface area contributed by atoms with Crippen LogP contribution in [-0.2, 0) is 14.3 Å². The van der Waals surface area contributed by atoms with Crippen molar-refractivity contribution in [3.8, 4) is 6.07 Å². The maximum atomic E-state index is 12.0. The second-order valence-electron chi connectivity index (χ2n) is 4.42. The van der Waals surface area contributed by atoms with Crippen LogP contribution in [0, 0.1) is 16.7 Å². The first-order chi connectivity index (χ1) is 8.18. The second kappa shape index (κ2) is 6.58. The largest absolute Gasteiger partial charge is 0.382 e. The Morgan fingerprint density at radius 1 is 1.47 bits per heavy atom.